The third-order valence-corrected chi connectivity index (χ3v) is 4.61. The molecule has 1 N–H and O–H groups in total. The van der Waals surface area contributed by atoms with Crippen LogP contribution in [0, 0.1) is 0 Å². The summed E-state index contributed by atoms with van der Waals surface area (Å²) < 4.78 is 5.76. The van der Waals surface area contributed by atoms with Crippen molar-refractivity contribution in [2.45, 2.75) is 19.1 Å². The van der Waals surface area contributed by atoms with Gasteiger partial charge in [0.15, 0.2) is 0 Å². The highest BCUT2D eigenvalue weighted by atomic mass is 16.5. The lowest BCUT2D eigenvalue weighted by Crippen LogP contribution is -2.43. The minimum atomic E-state index is -0.0525. The first-order valence-electron chi connectivity index (χ1n) is 9.86. The van der Waals surface area contributed by atoms with E-state index in [0.29, 0.717) is 12.2 Å². The predicted molar refractivity (Wildman–Crippen MR) is 117 cm³/mol. The van der Waals surface area contributed by atoms with E-state index < -0.39 is 0 Å². The fraction of sp³-hybridized carbons (Fsp3) is 0.240. The summed E-state index contributed by atoms with van der Waals surface area (Å²) in [5.41, 5.74) is 2.90. The third kappa shape index (κ3) is 6.77. The molecule has 0 aliphatic rings. The summed E-state index contributed by atoms with van der Waals surface area (Å²) in [4.78, 5) is 14.9. The van der Waals surface area contributed by atoms with Crippen LogP contribution in [0.4, 0.5) is 0 Å². The van der Waals surface area contributed by atoms with E-state index in [1.165, 1.54) is 5.56 Å². The Morgan fingerprint density at radius 1 is 0.862 bits per heavy atom. The van der Waals surface area contributed by atoms with Gasteiger partial charge in [0.2, 0.25) is 0 Å². The minimum absolute atomic E-state index is 0.0426. The topological polar surface area (TPSA) is 41.6 Å². The lowest BCUT2D eigenvalue weighted by molar-refractivity contribution is 0.0930. The van der Waals surface area contributed by atoms with E-state index in [1.54, 1.807) is 0 Å². The van der Waals surface area contributed by atoms with E-state index in [2.05, 4.69) is 22.3 Å². The average Bonchev–Trinajstić information content (AvgIpc) is 2.73. The lowest BCUT2D eigenvalue weighted by Gasteiger charge is -2.22. The molecule has 0 saturated carbocycles. The molecule has 0 aliphatic carbocycles. The summed E-state index contributed by atoms with van der Waals surface area (Å²) in [5.74, 6) is 0.782. The number of hydrogen-bond donors (Lipinski definition) is 1. The van der Waals surface area contributed by atoms with Gasteiger partial charge in [-0.2, -0.15) is 0 Å². The van der Waals surface area contributed by atoms with Crippen LogP contribution in [-0.4, -0.2) is 37.5 Å². The second kappa shape index (κ2) is 10.4. The number of hydrogen-bond acceptors (Lipinski definition) is 3. The molecular formula is C25H28N2O2. The number of nitrogens with zero attached hydrogens (tertiary/aromatic N) is 1. The molecule has 3 aromatic carbocycles. The summed E-state index contributed by atoms with van der Waals surface area (Å²) in [6, 6.07) is 27.6. The van der Waals surface area contributed by atoms with E-state index in [0.717, 1.165) is 24.3 Å². The molecule has 1 atom stereocenters. The van der Waals surface area contributed by atoms with Gasteiger partial charge in [0.05, 0.1) is 0 Å². The van der Waals surface area contributed by atoms with Crippen molar-refractivity contribution < 1.29 is 9.53 Å². The number of nitrogens with one attached hydrogen (secondary N) is 1. The Balaban J connectivity index is 1.58. The Labute approximate surface area is 173 Å². The van der Waals surface area contributed by atoms with Crippen molar-refractivity contribution in [2.75, 3.05) is 20.6 Å². The number of ether oxygens (including phenoxy) is 1. The molecule has 0 heterocycles. The van der Waals surface area contributed by atoms with Crippen LogP contribution in [0.3, 0.4) is 0 Å². The first kappa shape index (κ1) is 20.6. The first-order valence-corrected chi connectivity index (χ1v) is 9.86. The molecule has 0 fully saturated rings. The summed E-state index contributed by atoms with van der Waals surface area (Å²) in [6.45, 7) is 1.26. The van der Waals surface area contributed by atoms with Crippen molar-refractivity contribution in [1.82, 2.24) is 10.2 Å². The van der Waals surface area contributed by atoms with Crippen LogP contribution in [-0.2, 0) is 13.0 Å². The number of carbonyl (C=O) groups excluding carboxylic acids is 1. The summed E-state index contributed by atoms with van der Waals surface area (Å²) in [5, 5.41) is 3.18. The van der Waals surface area contributed by atoms with Gasteiger partial charge in [-0.05, 0) is 55.9 Å². The molecule has 0 aliphatic heterocycles. The highest BCUT2D eigenvalue weighted by molar-refractivity contribution is 5.94. The number of likely N-dealkylation sites (N-methyl/N-ethyl adjacent to an activating group) is 1. The van der Waals surface area contributed by atoms with Crippen LogP contribution < -0.4 is 10.1 Å². The number of carbonyl (C=O) groups is 1. The van der Waals surface area contributed by atoms with Crippen molar-refractivity contribution >= 4 is 5.91 Å². The second-order valence-electron chi connectivity index (χ2n) is 7.42. The maximum atomic E-state index is 12.8. The van der Waals surface area contributed by atoms with E-state index in [-0.39, 0.29) is 11.9 Å². The Bertz CT molecular complexity index is 878. The molecule has 150 valence electrons. The molecule has 0 bridgehead atoms. The van der Waals surface area contributed by atoms with Gasteiger partial charge in [-0.3, -0.25) is 4.79 Å². The molecule has 1 unspecified atom stereocenters. The molecule has 4 heteroatoms. The van der Waals surface area contributed by atoms with Crippen LogP contribution in [0.15, 0.2) is 84.9 Å². The van der Waals surface area contributed by atoms with Crippen molar-refractivity contribution in [3.8, 4) is 5.75 Å². The highest BCUT2D eigenvalue weighted by Crippen LogP contribution is 2.13. The first-order chi connectivity index (χ1) is 14.1. The van der Waals surface area contributed by atoms with Gasteiger partial charge < -0.3 is 15.0 Å². The van der Waals surface area contributed by atoms with Gasteiger partial charge in [0.25, 0.3) is 5.91 Å². The smallest absolute Gasteiger partial charge is 0.251 e. The Kier molecular flexibility index (Phi) is 7.42. The van der Waals surface area contributed by atoms with Gasteiger partial charge in [-0.1, -0.05) is 60.7 Å². The second-order valence-corrected chi connectivity index (χ2v) is 7.42. The highest BCUT2D eigenvalue weighted by Gasteiger charge is 2.15. The molecule has 29 heavy (non-hydrogen) atoms. The van der Waals surface area contributed by atoms with Crippen molar-refractivity contribution in [3.05, 3.63) is 102 Å². The number of benzene rings is 3. The molecule has 0 saturated heterocycles. The number of rotatable bonds is 9. The van der Waals surface area contributed by atoms with Crippen LogP contribution in [0.25, 0.3) is 0 Å². The van der Waals surface area contributed by atoms with Crippen LogP contribution >= 0.6 is 0 Å². The lowest BCUT2D eigenvalue weighted by atomic mass is 10.0. The molecule has 0 spiro atoms. The Morgan fingerprint density at radius 3 is 2.10 bits per heavy atom. The molecule has 3 aromatic rings. The number of para-hydroxylation sites is 1. The third-order valence-electron chi connectivity index (χ3n) is 4.61. The molecular weight excluding hydrogens is 360 g/mol. The van der Waals surface area contributed by atoms with Gasteiger partial charge >= 0.3 is 0 Å². The minimum Gasteiger partial charge on any atom is -0.489 e. The zero-order chi connectivity index (χ0) is 20.5. The predicted octanol–water partition coefficient (Wildman–Crippen LogP) is 4.17. The maximum Gasteiger partial charge on any atom is 0.251 e. The zero-order valence-corrected chi connectivity index (χ0v) is 17.0. The molecule has 1 amide bonds. The molecule has 0 radical (unpaired) electrons. The molecule has 3 rings (SSSR count). The monoisotopic (exact) mass is 388 g/mol. The van der Waals surface area contributed by atoms with E-state index >= 15 is 0 Å². The quantitative estimate of drug-likeness (QED) is 0.598. The van der Waals surface area contributed by atoms with Crippen molar-refractivity contribution in [1.29, 1.82) is 0 Å². The van der Waals surface area contributed by atoms with Crippen molar-refractivity contribution in [3.63, 3.8) is 0 Å². The Hall–Kier alpha value is -3.11. The fourth-order valence-electron chi connectivity index (χ4n) is 3.21. The maximum absolute atomic E-state index is 12.8. The average molecular weight is 389 g/mol. The van der Waals surface area contributed by atoms with E-state index in [1.807, 2.05) is 86.9 Å². The normalized spacial score (nSPS) is 11.8. The van der Waals surface area contributed by atoms with E-state index in [9.17, 15) is 4.79 Å². The molecule has 4 nitrogen and oxygen atoms in total. The van der Waals surface area contributed by atoms with Gasteiger partial charge in [0.1, 0.15) is 12.4 Å². The van der Waals surface area contributed by atoms with Crippen molar-refractivity contribution in [2.24, 2.45) is 0 Å². The van der Waals surface area contributed by atoms with Crippen LogP contribution in [0.5, 0.6) is 5.75 Å². The SMILES string of the molecule is CN(C)CC(Cc1ccccc1)NC(=O)c1ccc(COc2ccccc2)cc1. The molecule has 0 aromatic heterocycles. The summed E-state index contributed by atoms with van der Waals surface area (Å²) in [7, 11) is 4.04. The largest absolute Gasteiger partial charge is 0.489 e. The summed E-state index contributed by atoms with van der Waals surface area (Å²) >= 11 is 0. The fourth-order valence-corrected chi connectivity index (χ4v) is 3.21. The zero-order valence-electron chi connectivity index (χ0n) is 17.0. The van der Waals surface area contributed by atoms with E-state index in [4.69, 9.17) is 4.74 Å². The Morgan fingerprint density at radius 2 is 1.48 bits per heavy atom. The number of amides is 1. The van der Waals surface area contributed by atoms with Gasteiger partial charge in [-0.25, -0.2) is 0 Å². The van der Waals surface area contributed by atoms with Gasteiger partial charge in [0, 0.05) is 18.2 Å². The van der Waals surface area contributed by atoms with Crippen LogP contribution in [0.1, 0.15) is 21.5 Å². The standard InChI is InChI=1S/C25H28N2O2/c1-27(2)18-23(17-20-9-5-3-6-10-20)26-25(28)22-15-13-21(14-16-22)19-29-24-11-7-4-8-12-24/h3-16,23H,17-19H2,1-2H3,(H,26,28). The van der Waals surface area contributed by atoms with Crippen LogP contribution in [0.2, 0.25) is 0 Å². The van der Waals surface area contributed by atoms with Gasteiger partial charge in [-0.15, -0.1) is 0 Å². The summed E-state index contributed by atoms with van der Waals surface area (Å²) in [6.07, 6.45) is 0.799.